The molecule has 14 heteroatoms. The van der Waals surface area contributed by atoms with Gasteiger partial charge in [0, 0.05) is 18.2 Å². The third-order valence-corrected chi connectivity index (χ3v) is 9.23. The molecule has 4 aromatic rings. The topological polar surface area (TPSA) is 128 Å². The number of hydrogen-bond donors (Lipinski definition) is 1. The summed E-state index contributed by atoms with van der Waals surface area (Å²) in [4.78, 5) is 4.42. The van der Waals surface area contributed by atoms with Crippen molar-refractivity contribution in [1.82, 2.24) is 28.3 Å². The van der Waals surface area contributed by atoms with E-state index in [1.54, 1.807) is 22.6 Å². The molecule has 1 aromatic carbocycles. The summed E-state index contributed by atoms with van der Waals surface area (Å²) in [6.07, 6.45) is 3.42. The molecular weight excluding hydrogens is 502 g/mol. The van der Waals surface area contributed by atoms with E-state index in [9.17, 15) is 25.6 Å². The zero-order valence-electron chi connectivity index (χ0n) is 18.7. The number of aromatic nitrogens is 5. The Morgan fingerprint density at radius 1 is 1.06 bits per heavy atom. The molecule has 5 rings (SSSR count). The Bertz CT molecular complexity index is 1630. The predicted octanol–water partition coefficient (Wildman–Crippen LogP) is 2.65. The monoisotopic (exact) mass is 524 g/mol. The Kier molecular flexibility index (Phi) is 5.64. The molecule has 1 aliphatic rings. The second-order valence-electron chi connectivity index (χ2n) is 8.82. The van der Waals surface area contributed by atoms with Crippen LogP contribution in [0, 0.1) is 12.8 Å². The quantitative estimate of drug-likeness (QED) is 0.411. The molecular formula is C21H22F2N6O4S2. The third kappa shape index (κ3) is 3.98. The lowest BCUT2D eigenvalue weighted by atomic mass is 9.97. The molecule has 1 aliphatic carbocycles. The van der Waals surface area contributed by atoms with Gasteiger partial charge in [0.15, 0.2) is 11.3 Å². The van der Waals surface area contributed by atoms with Crippen molar-refractivity contribution in [2.45, 2.75) is 49.3 Å². The van der Waals surface area contributed by atoms with Gasteiger partial charge in [0.05, 0.1) is 16.6 Å². The first kappa shape index (κ1) is 23.8. The summed E-state index contributed by atoms with van der Waals surface area (Å²) in [5.74, 6) is -3.40. The second-order valence-corrected chi connectivity index (χ2v) is 12.3. The van der Waals surface area contributed by atoms with Gasteiger partial charge < -0.3 is 0 Å². The smallest absolute Gasteiger partial charge is 0.274 e. The van der Waals surface area contributed by atoms with Crippen LogP contribution < -0.4 is 4.72 Å². The summed E-state index contributed by atoms with van der Waals surface area (Å²) in [5, 5.41) is 8.42. The molecule has 0 unspecified atom stereocenters. The summed E-state index contributed by atoms with van der Waals surface area (Å²) in [6, 6.07) is 7.40. The average Bonchev–Trinajstić information content (AvgIpc) is 3.49. The van der Waals surface area contributed by atoms with Crippen molar-refractivity contribution in [1.29, 1.82) is 0 Å². The van der Waals surface area contributed by atoms with Crippen LogP contribution in [0.2, 0.25) is 0 Å². The van der Waals surface area contributed by atoms with E-state index in [0.717, 1.165) is 9.54 Å². The SMILES string of the molecule is Cc1ccc(S(=O)(=O)n2ccc3c2ncc2nnc([C@H]4C[C@@H](NS(=O)(=O)C(F)F)C[C@H]4C)n23)cc1. The first-order valence-corrected chi connectivity index (χ1v) is 13.8. The van der Waals surface area contributed by atoms with E-state index in [2.05, 4.69) is 19.9 Å². The molecule has 1 N–H and O–H groups in total. The maximum Gasteiger partial charge on any atom is 0.350 e. The Balaban J connectivity index is 1.56. The van der Waals surface area contributed by atoms with Gasteiger partial charge in [-0.15, -0.1) is 10.2 Å². The summed E-state index contributed by atoms with van der Waals surface area (Å²) in [6.45, 7) is 3.74. The first-order chi connectivity index (χ1) is 16.5. The number of hydrogen-bond acceptors (Lipinski definition) is 7. The molecule has 0 aliphatic heterocycles. The van der Waals surface area contributed by atoms with Gasteiger partial charge in [-0.25, -0.2) is 30.5 Å². The first-order valence-electron chi connectivity index (χ1n) is 10.8. The van der Waals surface area contributed by atoms with Crippen LogP contribution in [-0.2, 0) is 20.0 Å². The number of halogens is 2. The van der Waals surface area contributed by atoms with Gasteiger partial charge in [-0.2, -0.15) is 8.78 Å². The van der Waals surface area contributed by atoms with Crippen molar-refractivity contribution in [2.24, 2.45) is 5.92 Å². The minimum atomic E-state index is -4.72. The fourth-order valence-electron chi connectivity index (χ4n) is 4.70. The molecule has 0 bridgehead atoms. The van der Waals surface area contributed by atoms with Gasteiger partial charge in [0.25, 0.3) is 20.0 Å². The van der Waals surface area contributed by atoms with Gasteiger partial charge in [0.1, 0.15) is 5.82 Å². The zero-order valence-corrected chi connectivity index (χ0v) is 20.3. The lowest BCUT2D eigenvalue weighted by molar-refractivity contribution is 0.231. The van der Waals surface area contributed by atoms with E-state index in [1.165, 1.54) is 24.5 Å². The fraction of sp³-hybridized carbons (Fsp3) is 0.381. The van der Waals surface area contributed by atoms with Crippen molar-refractivity contribution in [3.63, 3.8) is 0 Å². The number of sulfonamides is 1. The number of alkyl halides is 2. The predicted molar refractivity (Wildman–Crippen MR) is 123 cm³/mol. The number of nitrogens with zero attached hydrogens (tertiary/aromatic N) is 5. The molecule has 10 nitrogen and oxygen atoms in total. The number of nitrogens with one attached hydrogen (secondary N) is 1. The van der Waals surface area contributed by atoms with Gasteiger partial charge in [-0.3, -0.25) is 4.40 Å². The largest absolute Gasteiger partial charge is 0.350 e. The molecule has 186 valence electrons. The fourth-order valence-corrected chi connectivity index (χ4v) is 6.75. The highest BCUT2D eigenvalue weighted by molar-refractivity contribution is 7.90. The molecule has 0 radical (unpaired) electrons. The maximum absolute atomic E-state index is 13.3. The van der Waals surface area contributed by atoms with Crippen LogP contribution in [0.4, 0.5) is 8.78 Å². The van der Waals surface area contributed by atoms with Crippen molar-refractivity contribution in [3.8, 4) is 0 Å². The number of benzene rings is 1. The van der Waals surface area contributed by atoms with Crippen molar-refractivity contribution in [3.05, 3.63) is 54.1 Å². The minimum absolute atomic E-state index is 0.0886. The van der Waals surface area contributed by atoms with Crippen molar-refractivity contribution in [2.75, 3.05) is 0 Å². The van der Waals surface area contributed by atoms with E-state index in [-0.39, 0.29) is 28.8 Å². The van der Waals surface area contributed by atoms with E-state index in [0.29, 0.717) is 23.4 Å². The molecule has 1 saturated carbocycles. The van der Waals surface area contributed by atoms with Crippen LogP contribution in [0.1, 0.15) is 37.1 Å². The molecule has 3 heterocycles. The average molecular weight is 525 g/mol. The normalized spacial score (nSPS) is 21.5. The Labute approximate surface area is 200 Å². The van der Waals surface area contributed by atoms with Gasteiger partial charge in [-0.1, -0.05) is 24.6 Å². The zero-order chi connectivity index (χ0) is 25.1. The van der Waals surface area contributed by atoms with Crippen LogP contribution in [0.15, 0.2) is 47.6 Å². The molecule has 0 amide bonds. The van der Waals surface area contributed by atoms with Crippen LogP contribution in [-0.4, -0.2) is 52.2 Å². The van der Waals surface area contributed by atoms with Gasteiger partial charge in [-0.05, 0) is 43.9 Å². The lowest BCUT2D eigenvalue weighted by Gasteiger charge is -2.14. The van der Waals surface area contributed by atoms with E-state index in [1.807, 2.05) is 13.8 Å². The Morgan fingerprint density at radius 3 is 2.46 bits per heavy atom. The van der Waals surface area contributed by atoms with E-state index >= 15 is 0 Å². The van der Waals surface area contributed by atoms with E-state index in [4.69, 9.17) is 0 Å². The van der Waals surface area contributed by atoms with Crippen LogP contribution >= 0.6 is 0 Å². The van der Waals surface area contributed by atoms with Crippen molar-refractivity contribution >= 4 is 36.9 Å². The highest BCUT2D eigenvalue weighted by Gasteiger charge is 2.39. The molecule has 0 saturated heterocycles. The lowest BCUT2D eigenvalue weighted by Crippen LogP contribution is -2.36. The summed E-state index contributed by atoms with van der Waals surface area (Å²) in [5.41, 5.74) is 1.96. The van der Waals surface area contributed by atoms with Crippen molar-refractivity contribution < 1.29 is 25.6 Å². The number of fused-ring (bicyclic) bond motifs is 3. The minimum Gasteiger partial charge on any atom is -0.274 e. The van der Waals surface area contributed by atoms with E-state index < -0.39 is 31.8 Å². The van der Waals surface area contributed by atoms with Crippen LogP contribution in [0.5, 0.6) is 0 Å². The molecule has 3 aromatic heterocycles. The summed E-state index contributed by atoms with van der Waals surface area (Å²) >= 11 is 0. The summed E-state index contributed by atoms with van der Waals surface area (Å²) < 4.78 is 80.3. The highest BCUT2D eigenvalue weighted by Crippen LogP contribution is 2.40. The number of rotatable bonds is 6. The summed E-state index contributed by atoms with van der Waals surface area (Å²) in [7, 11) is -8.64. The van der Waals surface area contributed by atoms with Gasteiger partial charge >= 0.3 is 5.76 Å². The van der Waals surface area contributed by atoms with Gasteiger partial charge in [0.2, 0.25) is 0 Å². The van der Waals surface area contributed by atoms with Crippen LogP contribution in [0.3, 0.4) is 0 Å². The number of aryl methyl sites for hydroxylation is 1. The standard InChI is InChI=1S/C21H22F2N6O4S2/c1-12-3-5-15(6-4-12)35(32,33)28-8-7-17-20(28)24-11-18-25-26-19(29(17)18)16-10-14(9-13(16)2)27-34(30,31)21(22)23/h3-8,11,13-14,16,21,27H,9-10H2,1-2H3/t13-,14+,16+/m1/s1. The molecule has 3 atom stereocenters. The molecule has 1 fully saturated rings. The highest BCUT2D eigenvalue weighted by atomic mass is 32.2. The molecule has 0 spiro atoms. The second kappa shape index (κ2) is 8.31. The third-order valence-electron chi connectivity index (χ3n) is 6.42. The maximum atomic E-state index is 13.3. The molecule has 35 heavy (non-hydrogen) atoms. The Hall–Kier alpha value is -2.97. The Morgan fingerprint density at radius 2 is 1.77 bits per heavy atom. The van der Waals surface area contributed by atoms with Crippen LogP contribution in [0.25, 0.3) is 16.8 Å².